The van der Waals surface area contributed by atoms with Gasteiger partial charge in [-0.15, -0.1) is 0 Å². The van der Waals surface area contributed by atoms with Gasteiger partial charge in [0.15, 0.2) is 0 Å². The summed E-state index contributed by atoms with van der Waals surface area (Å²) in [5.41, 5.74) is 3.27. The van der Waals surface area contributed by atoms with Crippen LogP contribution >= 0.6 is 0 Å². The highest BCUT2D eigenvalue weighted by molar-refractivity contribution is 5.79. The molecule has 128 valence electrons. The van der Waals surface area contributed by atoms with Crippen molar-refractivity contribution in [2.45, 2.75) is 12.5 Å². The van der Waals surface area contributed by atoms with Crippen LogP contribution in [0.2, 0.25) is 0 Å². The summed E-state index contributed by atoms with van der Waals surface area (Å²) in [7, 11) is 0. The second kappa shape index (κ2) is 7.30. The van der Waals surface area contributed by atoms with Crippen molar-refractivity contribution in [3.05, 3.63) is 77.7 Å². The Kier molecular flexibility index (Phi) is 4.72. The molecule has 4 rings (SSSR count). The van der Waals surface area contributed by atoms with E-state index in [9.17, 15) is 4.39 Å². The zero-order valence-corrected chi connectivity index (χ0v) is 14.2. The van der Waals surface area contributed by atoms with E-state index in [1.165, 1.54) is 0 Å². The Morgan fingerprint density at radius 2 is 1.80 bits per heavy atom. The third-order valence-corrected chi connectivity index (χ3v) is 4.85. The summed E-state index contributed by atoms with van der Waals surface area (Å²) in [5, 5.41) is 4.60. The highest BCUT2D eigenvalue weighted by Gasteiger charge is 2.23. The van der Waals surface area contributed by atoms with Crippen LogP contribution in [0.25, 0.3) is 10.9 Å². The Morgan fingerprint density at radius 3 is 2.68 bits per heavy atom. The predicted octanol–water partition coefficient (Wildman–Crippen LogP) is 3.76. The van der Waals surface area contributed by atoms with Gasteiger partial charge in [-0.1, -0.05) is 30.3 Å². The van der Waals surface area contributed by atoms with Gasteiger partial charge in [-0.3, -0.25) is 9.88 Å². The number of para-hydroxylation sites is 1. The first kappa shape index (κ1) is 16.2. The second-order valence-electron chi connectivity index (χ2n) is 6.55. The van der Waals surface area contributed by atoms with Crippen molar-refractivity contribution in [3.63, 3.8) is 0 Å². The van der Waals surface area contributed by atoms with Gasteiger partial charge in [0.05, 0.1) is 11.6 Å². The molecule has 0 saturated carbocycles. The monoisotopic (exact) mass is 335 g/mol. The topological polar surface area (TPSA) is 28.2 Å². The van der Waals surface area contributed by atoms with Crippen LogP contribution in [0.4, 0.5) is 4.39 Å². The summed E-state index contributed by atoms with van der Waals surface area (Å²) in [5.74, 6) is -0.198. The quantitative estimate of drug-likeness (QED) is 0.790. The van der Waals surface area contributed by atoms with E-state index in [-0.39, 0.29) is 11.9 Å². The fourth-order valence-electron chi connectivity index (χ4n) is 3.62. The first-order chi connectivity index (χ1) is 12.3. The Hall–Kier alpha value is -2.30. The first-order valence-corrected chi connectivity index (χ1v) is 8.86. The minimum Gasteiger partial charge on any atom is -0.315 e. The molecule has 2 heterocycles. The van der Waals surface area contributed by atoms with E-state index >= 15 is 0 Å². The van der Waals surface area contributed by atoms with Crippen LogP contribution in [-0.2, 0) is 0 Å². The van der Waals surface area contributed by atoms with Gasteiger partial charge >= 0.3 is 0 Å². The molecule has 1 atom stereocenters. The van der Waals surface area contributed by atoms with E-state index in [4.69, 9.17) is 0 Å². The molecule has 1 aliphatic heterocycles. The van der Waals surface area contributed by atoms with Gasteiger partial charge in [0, 0.05) is 31.2 Å². The molecule has 0 radical (unpaired) electrons. The fourth-order valence-corrected chi connectivity index (χ4v) is 3.62. The van der Waals surface area contributed by atoms with Crippen molar-refractivity contribution in [1.82, 2.24) is 15.2 Å². The standard InChI is InChI=1S/C21H22FN3/c22-19-8-6-16(7-9-19)21(25-12-3-10-23-11-13-25)18-14-17-4-1-2-5-20(17)24-15-18/h1-2,4-9,14-15,21,23H,3,10-13H2. The number of pyridine rings is 1. The molecule has 3 nitrogen and oxygen atoms in total. The van der Waals surface area contributed by atoms with E-state index in [1.54, 1.807) is 12.1 Å². The van der Waals surface area contributed by atoms with E-state index in [0.717, 1.165) is 54.6 Å². The van der Waals surface area contributed by atoms with Gasteiger partial charge in [0.25, 0.3) is 0 Å². The first-order valence-electron chi connectivity index (χ1n) is 8.86. The van der Waals surface area contributed by atoms with Gasteiger partial charge in [0.1, 0.15) is 5.82 Å². The highest BCUT2D eigenvalue weighted by Crippen LogP contribution is 2.30. The van der Waals surface area contributed by atoms with E-state index < -0.39 is 0 Å². The number of rotatable bonds is 3. The number of benzene rings is 2. The Labute approximate surface area is 147 Å². The van der Waals surface area contributed by atoms with Crippen LogP contribution in [-0.4, -0.2) is 36.1 Å². The molecule has 1 aliphatic rings. The van der Waals surface area contributed by atoms with Crippen molar-refractivity contribution >= 4 is 10.9 Å². The number of nitrogens with one attached hydrogen (secondary N) is 1. The molecular weight excluding hydrogens is 313 g/mol. The van der Waals surface area contributed by atoms with Crippen LogP contribution < -0.4 is 5.32 Å². The molecule has 0 aliphatic carbocycles. The lowest BCUT2D eigenvalue weighted by Crippen LogP contribution is -2.33. The van der Waals surface area contributed by atoms with Crippen LogP contribution in [0.15, 0.2) is 60.8 Å². The summed E-state index contributed by atoms with van der Waals surface area (Å²) in [6.07, 6.45) is 3.08. The number of aromatic nitrogens is 1. The number of hydrogen-bond acceptors (Lipinski definition) is 3. The molecule has 3 aromatic rings. The molecule has 25 heavy (non-hydrogen) atoms. The summed E-state index contributed by atoms with van der Waals surface area (Å²) >= 11 is 0. The third-order valence-electron chi connectivity index (χ3n) is 4.85. The summed E-state index contributed by atoms with van der Waals surface area (Å²) in [4.78, 5) is 7.12. The largest absolute Gasteiger partial charge is 0.315 e. The van der Waals surface area contributed by atoms with Crippen molar-refractivity contribution in [2.24, 2.45) is 0 Å². The SMILES string of the molecule is Fc1ccc(C(c2cnc3ccccc3c2)N2CCCNCC2)cc1. The molecule has 0 amide bonds. The number of halogens is 1. The summed E-state index contributed by atoms with van der Waals surface area (Å²) in [6.45, 7) is 4.00. The molecule has 4 heteroatoms. The van der Waals surface area contributed by atoms with E-state index in [1.807, 2.05) is 36.5 Å². The number of nitrogens with zero attached hydrogens (tertiary/aromatic N) is 2. The molecule has 1 N–H and O–H groups in total. The van der Waals surface area contributed by atoms with Gasteiger partial charge in [0.2, 0.25) is 0 Å². The lowest BCUT2D eigenvalue weighted by molar-refractivity contribution is 0.241. The van der Waals surface area contributed by atoms with Gasteiger partial charge in [-0.05, 0) is 48.4 Å². The Bertz CT molecular complexity index is 839. The molecule has 1 aromatic heterocycles. The van der Waals surface area contributed by atoms with Gasteiger partial charge < -0.3 is 5.32 Å². The van der Waals surface area contributed by atoms with Crippen molar-refractivity contribution in [2.75, 3.05) is 26.2 Å². The lowest BCUT2D eigenvalue weighted by Gasteiger charge is -2.31. The molecule has 0 spiro atoms. The zero-order chi connectivity index (χ0) is 17.1. The van der Waals surface area contributed by atoms with Crippen molar-refractivity contribution in [3.8, 4) is 0 Å². The van der Waals surface area contributed by atoms with Crippen LogP contribution in [0.3, 0.4) is 0 Å². The molecule has 2 aromatic carbocycles. The fraction of sp³-hybridized carbons (Fsp3) is 0.286. The normalized spacial score (nSPS) is 17.3. The smallest absolute Gasteiger partial charge is 0.123 e. The Balaban J connectivity index is 1.78. The van der Waals surface area contributed by atoms with Crippen molar-refractivity contribution < 1.29 is 4.39 Å². The maximum atomic E-state index is 13.4. The maximum Gasteiger partial charge on any atom is 0.123 e. The number of hydrogen-bond donors (Lipinski definition) is 1. The minimum absolute atomic E-state index is 0.0950. The number of fused-ring (bicyclic) bond motifs is 1. The molecule has 0 bridgehead atoms. The third kappa shape index (κ3) is 3.55. The average Bonchev–Trinajstić information content (AvgIpc) is 2.93. The Morgan fingerprint density at radius 1 is 0.960 bits per heavy atom. The molecule has 1 unspecified atom stereocenters. The summed E-state index contributed by atoms with van der Waals surface area (Å²) < 4.78 is 13.4. The van der Waals surface area contributed by atoms with Crippen LogP contribution in [0.5, 0.6) is 0 Å². The van der Waals surface area contributed by atoms with Crippen LogP contribution in [0, 0.1) is 5.82 Å². The molecule has 1 saturated heterocycles. The van der Waals surface area contributed by atoms with Gasteiger partial charge in [-0.2, -0.15) is 0 Å². The second-order valence-corrected chi connectivity index (χ2v) is 6.55. The van der Waals surface area contributed by atoms with Crippen molar-refractivity contribution in [1.29, 1.82) is 0 Å². The lowest BCUT2D eigenvalue weighted by atomic mass is 9.97. The van der Waals surface area contributed by atoms with E-state index in [0.29, 0.717) is 0 Å². The van der Waals surface area contributed by atoms with E-state index in [2.05, 4.69) is 27.3 Å². The molecule has 1 fully saturated rings. The maximum absolute atomic E-state index is 13.4. The zero-order valence-electron chi connectivity index (χ0n) is 14.2. The highest BCUT2D eigenvalue weighted by atomic mass is 19.1. The van der Waals surface area contributed by atoms with Crippen LogP contribution in [0.1, 0.15) is 23.6 Å². The average molecular weight is 335 g/mol. The predicted molar refractivity (Wildman–Crippen MR) is 99.0 cm³/mol. The van der Waals surface area contributed by atoms with Gasteiger partial charge in [-0.25, -0.2) is 4.39 Å². The molecular formula is C21H22FN3. The summed E-state index contributed by atoms with van der Waals surface area (Å²) in [6, 6.07) is 17.4. The minimum atomic E-state index is -0.198.